The molecule has 0 unspecified atom stereocenters. The van der Waals surface area contributed by atoms with Crippen molar-refractivity contribution < 1.29 is 4.79 Å². The zero-order chi connectivity index (χ0) is 14.5. The molecule has 0 spiro atoms. The van der Waals surface area contributed by atoms with Gasteiger partial charge in [0, 0.05) is 24.2 Å². The highest BCUT2D eigenvalue weighted by molar-refractivity contribution is 6.33. The molecule has 1 aliphatic carbocycles. The number of hydrogen-bond acceptors (Lipinski definition) is 3. The van der Waals surface area contributed by atoms with Crippen molar-refractivity contribution in [1.29, 1.82) is 0 Å². The van der Waals surface area contributed by atoms with Crippen molar-refractivity contribution in [3.05, 3.63) is 23.2 Å². The van der Waals surface area contributed by atoms with Crippen LogP contribution in [0.25, 0.3) is 0 Å². The van der Waals surface area contributed by atoms with E-state index < -0.39 is 0 Å². The fraction of sp³-hybridized carbons (Fsp3) is 0.533. The normalized spacial score (nSPS) is 22.4. The van der Waals surface area contributed by atoms with Crippen LogP contribution in [0.3, 0.4) is 0 Å². The van der Waals surface area contributed by atoms with Crippen LogP contribution in [-0.2, 0) is 4.79 Å². The Kier molecular flexibility index (Phi) is 5.26. The van der Waals surface area contributed by atoms with E-state index in [1.54, 1.807) is 0 Å². The Morgan fingerprint density at radius 1 is 1.35 bits per heavy atom. The van der Waals surface area contributed by atoms with Crippen LogP contribution < -0.4 is 16.4 Å². The van der Waals surface area contributed by atoms with Crippen LogP contribution in [0.2, 0.25) is 5.02 Å². The lowest BCUT2D eigenvalue weighted by molar-refractivity contribution is -0.115. The van der Waals surface area contributed by atoms with E-state index in [4.69, 9.17) is 17.3 Å². The summed E-state index contributed by atoms with van der Waals surface area (Å²) in [5.41, 5.74) is 7.56. The summed E-state index contributed by atoms with van der Waals surface area (Å²) >= 11 is 6.21. The number of halogens is 1. The second-order valence-electron chi connectivity index (χ2n) is 5.35. The first-order chi connectivity index (χ1) is 9.58. The Bertz CT molecular complexity index is 470. The molecule has 0 atom stereocenters. The van der Waals surface area contributed by atoms with Gasteiger partial charge in [-0.15, -0.1) is 0 Å². The van der Waals surface area contributed by atoms with Gasteiger partial charge < -0.3 is 16.4 Å². The third-order valence-electron chi connectivity index (χ3n) is 3.70. The van der Waals surface area contributed by atoms with Gasteiger partial charge in [0.1, 0.15) is 0 Å². The van der Waals surface area contributed by atoms with Crippen molar-refractivity contribution in [2.75, 3.05) is 10.6 Å². The number of rotatable bonds is 4. The lowest BCUT2D eigenvalue weighted by Crippen LogP contribution is -2.32. The van der Waals surface area contributed by atoms with Gasteiger partial charge in [-0.25, -0.2) is 0 Å². The van der Waals surface area contributed by atoms with E-state index in [1.807, 2.05) is 25.1 Å². The average Bonchev–Trinajstić information content (AvgIpc) is 2.45. The van der Waals surface area contributed by atoms with Gasteiger partial charge in [0.05, 0.1) is 10.7 Å². The Labute approximate surface area is 125 Å². The molecule has 1 fully saturated rings. The molecule has 5 heteroatoms. The highest BCUT2D eigenvalue weighted by atomic mass is 35.5. The molecule has 4 N–H and O–H groups in total. The van der Waals surface area contributed by atoms with E-state index >= 15 is 0 Å². The van der Waals surface area contributed by atoms with Crippen molar-refractivity contribution in [1.82, 2.24) is 0 Å². The molecule has 20 heavy (non-hydrogen) atoms. The Balaban J connectivity index is 2.02. The maximum atomic E-state index is 11.4. The Morgan fingerprint density at radius 2 is 2.05 bits per heavy atom. The van der Waals surface area contributed by atoms with Crippen LogP contribution in [0, 0.1) is 0 Å². The summed E-state index contributed by atoms with van der Waals surface area (Å²) in [4.78, 5) is 11.4. The largest absolute Gasteiger partial charge is 0.381 e. The van der Waals surface area contributed by atoms with Gasteiger partial charge in [0.25, 0.3) is 0 Å². The number of amides is 1. The van der Waals surface area contributed by atoms with Crippen LogP contribution in [0.15, 0.2) is 18.2 Å². The highest BCUT2D eigenvalue weighted by Gasteiger charge is 2.19. The summed E-state index contributed by atoms with van der Waals surface area (Å²) in [5.74, 6) is 0.00177. The number of benzene rings is 1. The predicted octanol–water partition coefficient (Wildman–Crippen LogP) is 3.37. The molecule has 1 amide bonds. The molecule has 4 nitrogen and oxygen atoms in total. The number of anilines is 2. The van der Waals surface area contributed by atoms with Crippen molar-refractivity contribution in [3.8, 4) is 0 Å². The first-order valence-electron chi connectivity index (χ1n) is 7.20. The van der Waals surface area contributed by atoms with Gasteiger partial charge in [-0.1, -0.05) is 18.5 Å². The molecular weight excluding hydrogens is 274 g/mol. The van der Waals surface area contributed by atoms with Gasteiger partial charge in [-0.05, 0) is 43.9 Å². The minimum atomic E-state index is 0.00177. The van der Waals surface area contributed by atoms with E-state index in [0.29, 0.717) is 23.5 Å². The number of hydrogen-bond donors (Lipinski definition) is 3. The number of nitrogens with one attached hydrogen (secondary N) is 2. The monoisotopic (exact) mass is 295 g/mol. The van der Waals surface area contributed by atoms with Gasteiger partial charge in [-0.3, -0.25) is 4.79 Å². The summed E-state index contributed by atoms with van der Waals surface area (Å²) < 4.78 is 0. The molecule has 1 saturated carbocycles. The number of carbonyl (C=O) groups is 1. The highest BCUT2D eigenvalue weighted by Crippen LogP contribution is 2.29. The van der Waals surface area contributed by atoms with E-state index in [-0.39, 0.29) is 5.91 Å². The molecule has 0 bridgehead atoms. The van der Waals surface area contributed by atoms with Gasteiger partial charge >= 0.3 is 0 Å². The maximum Gasteiger partial charge on any atom is 0.224 e. The minimum absolute atomic E-state index is 0.00177. The third kappa shape index (κ3) is 4.12. The minimum Gasteiger partial charge on any atom is -0.381 e. The molecule has 0 aromatic heterocycles. The third-order valence-corrected chi connectivity index (χ3v) is 4.03. The summed E-state index contributed by atoms with van der Waals surface area (Å²) in [6.45, 7) is 1.83. The van der Waals surface area contributed by atoms with E-state index in [9.17, 15) is 4.79 Å². The number of nitrogens with two attached hydrogens (primary N) is 1. The molecular formula is C15H22ClN3O. The van der Waals surface area contributed by atoms with E-state index in [1.165, 1.54) is 0 Å². The van der Waals surface area contributed by atoms with Gasteiger partial charge in [-0.2, -0.15) is 0 Å². The summed E-state index contributed by atoms with van der Waals surface area (Å²) in [5, 5.41) is 6.98. The van der Waals surface area contributed by atoms with Crippen LogP contribution in [-0.4, -0.2) is 18.0 Å². The van der Waals surface area contributed by atoms with E-state index in [0.717, 1.165) is 37.1 Å². The number of carbonyl (C=O) groups excluding carboxylic acids is 1. The van der Waals surface area contributed by atoms with Crippen LogP contribution in [0.4, 0.5) is 11.4 Å². The lowest BCUT2D eigenvalue weighted by atomic mass is 9.91. The molecule has 0 heterocycles. The Hall–Kier alpha value is -1.26. The van der Waals surface area contributed by atoms with Crippen LogP contribution in [0.1, 0.15) is 39.0 Å². The van der Waals surface area contributed by atoms with Crippen molar-refractivity contribution in [2.24, 2.45) is 5.73 Å². The van der Waals surface area contributed by atoms with E-state index in [2.05, 4.69) is 10.6 Å². The Morgan fingerprint density at radius 3 is 2.70 bits per heavy atom. The van der Waals surface area contributed by atoms with Crippen molar-refractivity contribution in [2.45, 2.75) is 51.1 Å². The molecule has 1 aromatic carbocycles. The smallest absolute Gasteiger partial charge is 0.224 e. The van der Waals surface area contributed by atoms with Crippen molar-refractivity contribution in [3.63, 3.8) is 0 Å². The first-order valence-corrected chi connectivity index (χ1v) is 7.57. The molecule has 2 rings (SSSR count). The molecule has 1 aliphatic rings. The summed E-state index contributed by atoms with van der Waals surface area (Å²) in [6.07, 6.45) is 4.67. The predicted molar refractivity (Wildman–Crippen MR) is 84.2 cm³/mol. The maximum absolute atomic E-state index is 11.4. The molecule has 1 aromatic rings. The zero-order valence-electron chi connectivity index (χ0n) is 11.8. The lowest BCUT2D eigenvalue weighted by Gasteiger charge is -2.28. The fourth-order valence-electron chi connectivity index (χ4n) is 2.45. The summed E-state index contributed by atoms with van der Waals surface area (Å²) in [7, 11) is 0. The standard InChI is InChI=1S/C15H22ClN3O/c1-2-15(20)19-12-7-8-13(16)14(9-12)18-11-5-3-10(17)4-6-11/h7-11,18H,2-6,17H2,1H3,(H,19,20). The SMILES string of the molecule is CCC(=O)Nc1ccc(Cl)c(NC2CCC(N)CC2)c1. The second-order valence-corrected chi connectivity index (χ2v) is 5.76. The van der Waals surface area contributed by atoms with Crippen molar-refractivity contribution >= 4 is 28.9 Å². The second kappa shape index (κ2) is 6.95. The first kappa shape index (κ1) is 15.1. The molecule has 0 saturated heterocycles. The molecule has 110 valence electrons. The molecule has 0 aliphatic heterocycles. The summed E-state index contributed by atoms with van der Waals surface area (Å²) in [6, 6.07) is 6.26. The topological polar surface area (TPSA) is 67.2 Å². The molecule has 0 radical (unpaired) electrons. The van der Waals surface area contributed by atoms with Gasteiger partial charge in [0.2, 0.25) is 5.91 Å². The zero-order valence-corrected chi connectivity index (χ0v) is 12.5. The quantitative estimate of drug-likeness (QED) is 0.798. The van der Waals surface area contributed by atoms with Crippen LogP contribution >= 0.6 is 11.6 Å². The van der Waals surface area contributed by atoms with Gasteiger partial charge in [0.15, 0.2) is 0 Å². The average molecular weight is 296 g/mol. The van der Waals surface area contributed by atoms with Crippen LogP contribution in [0.5, 0.6) is 0 Å². The fourth-order valence-corrected chi connectivity index (χ4v) is 2.62.